The van der Waals surface area contributed by atoms with Crippen LogP contribution in [-0.2, 0) is 5.60 Å². The number of hydrogen-bond acceptors (Lipinski definition) is 8. The van der Waals surface area contributed by atoms with Gasteiger partial charge >= 0.3 is 0 Å². The number of rotatable bonds is 6. The van der Waals surface area contributed by atoms with Gasteiger partial charge in [0.25, 0.3) is 0 Å². The van der Waals surface area contributed by atoms with Gasteiger partial charge in [-0.05, 0) is 57.1 Å². The Morgan fingerprint density at radius 2 is 2.19 bits per heavy atom. The summed E-state index contributed by atoms with van der Waals surface area (Å²) in [7, 11) is 3.75. The summed E-state index contributed by atoms with van der Waals surface area (Å²) in [6.45, 7) is 2.77. The lowest BCUT2D eigenvalue weighted by molar-refractivity contribution is -0.0297. The number of aryl methyl sites for hydroxylation is 1. The number of Topliss-reactive ketones (excluding diaryl/α,β-unsaturated/α-hetero) is 1. The van der Waals surface area contributed by atoms with Gasteiger partial charge in [-0.3, -0.25) is 4.79 Å². The number of hydrogen-bond donors (Lipinski definition) is 1. The van der Waals surface area contributed by atoms with Crippen molar-refractivity contribution in [2.75, 3.05) is 26.5 Å². The van der Waals surface area contributed by atoms with E-state index in [4.69, 9.17) is 4.74 Å². The molecule has 5 rings (SSSR count). The number of likely N-dealkylation sites (tertiary alicyclic amines) is 1. The summed E-state index contributed by atoms with van der Waals surface area (Å²) < 4.78 is 5.33. The monoisotopic (exact) mass is 455 g/mol. The molecule has 1 aliphatic carbocycles. The minimum Gasteiger partial charge on any atom is -0.497 e. The molecular formula is C23H25N3O3S2. The number of aliphatic hydroxyl groups is 1. The SMILES string of the molecule is COc1ccc2nc(C)nc(SCC(=O)c3ccc([C@@]4(O)C[C@H]5C[C@@H]4CN5C)s3)c2c1. The molecule has 2 aromatic heterocycles. The largest absolute Gasteiger partial charge is 0.497 e. The first-order valence-corrected chi connectivity index (χ1v) is 12.2. The van der Waals surface area contributed by atoms with Gasteiger partial charge in [-0.1, -0.05) is 11.8 Å². The van der Waals surface area contributed by atoms with Crippen LogP contribution in [0.15, 0.2) is 35.4 Å². The zero-order valence-electron chi connectivity index (χ0n) is 17.8. The van der Waals surface area contributed by atoms with E-state index in [2.05, 4.69) is 21.9 Å². The summed E-state index contributed by atoms with van der Waals surface area (Å²) in [5.41, 5.74) is 0.0504. The number of thioether (sulfide) groups is 1. The molecule has 1 saturated carbocycles. The Bertz CT molecular complexity index is 1160. The van der Waals surface area contributed by atoms with Crippen LogP contribution in [-0.4, -0.2) is 58.3 Å². The average molecular weight is 456 g/mol. The highest BCUT2D eigenvalue weighted by Crippen LogP contribution is 2.51. The van der Waals surface area contributed by atoms with E-state index in [1.165, 1.54) is 23.1 Å². The van der Waals surface area contributed by atoms with Crippen molar-refractivity contribution in [2.45, 2.75) is 36.4 Å². The van der Waals surface area contributed by atoms with E-state index in [0.29, 0.717) is 16.7 Å². The van der Waals surface area contributed by atoms with Gasteiger partial charge in [0.05, 0.1) is 23.3 Å². The third-order valence-corrected chi connectivity index (χ3v) is 8.82. The number of fused-ring (bicyclic) bond motifs is 3. The van der Waals surface area contributed by atoms with Crippen LogP contribution in [0.25, 0.3) is 10.9 Å². The summed E-state index contributed by atoms with van der Waals surface area (Å²) in [5.74, 6) is 2.01. The van der Waals surface area contributed by atoms with Crippen molar-refractivity contribution in [3.05, 3.63) is 45.9 Å². The van der Waals surface area contributed by atoms with E-state index >= 15 is 0 Å². The summed E-state index contributed by atoms with van der Waals surface area (Å²) in [6.07, 6.45) is 1.79. The molecule has 3 heterocycles. The normalized spacial score (nSPS) is 25.4. The predicted molar refractivity (Wildman–Crippen MR) is 123 cm³/mol. The number of nitrogens with zero attached hydrogens (tertiary/aromatic N) is 3. The first-order valence-electron chi connectivity index (χ1n) is 10.4. The predicted octanol–water partition coefficient (Wildman–Crippen LogP) is 3.89. The second kappa shape index (κ2) is 7.85. The zero-order chi connectivity index (χ0) is 21.8. The maximum absolute atomic E-state index is 12.9. The molecule has 3 atom stereocenters. The van der Waals surface area contributed by atoms with Gasteiger partial charge in [-0.25, -0.2) is 9.97 Å². The second-order valence-corrected chi connectivity index (χ2v) is 10.5. The second-order valence-electron chi connectivity index (χ2n) is 8.49. The van der Waals surface area contributed by atoms with Crippen LogP contribution in [0.1, 0.15) is 33.2 Å². The van der Waals surface area contributed by atoms with Crippen LogP contribution < -0.4 is 4.74 Å². The smallest absolute Gasteiger partial charge is 0.183 e. The molecule has 2 fully saturated rings. The zero-order valence-corrected chi connectivity index (χ0v) is 19.4. The Hall–Kier alpha value is -2.00. The molecule has 1 aromatic carbocycles. The van der Waals surface area contributed by atoms with Crippen molar-refractivity contribution < 1.29 is 14.6 Å². The molecule has 3 aromatic rings. The quantitative estimate of drug-likeness (QED) is 0.343. The van der Waals surface area contributed by atoms with E-state index in [0.717, 1.165) is 45.9 Å². The van der Waals surface area contributed by atoms with E-state index in [9.17, 15) is 9.90 Å². The lowest BCUT2D eigenvalue weighted by atomic mass is 9.88. The van der Waals surface area contributed by atoms with E-state index in [1.54, 1.807) is 7.11 Å². The van der Waals surface area contributed by atoms with Crippen LogP contribution in [0.5, 0.6) is 5.75 Å². The van der Waals surface area contributed by atoms with E-state index in [1.807, 2.05) is 37.3 Å². The van der Waals surface area contributed by atoms with E-state index in [-0.39, 0.29) is 17.5 Å². The minimum atomic E-state index is -0.788. The Morgan fingerprint density at radius 3 is 2.90 bits per heavy atom. The van der Waals surface area contributed by atoms with Gasteiger partial charge in [0.1, 0.15) is 22.2 Å². The average Bonchev–Trinajstić information content (AvgIpc) is 3.46. The highest BCUT2D eigenvalue weighted by Gasteiger charge is 2.54. The number of aromatic nitrogens is 2. The topological polar surface area (TPSA) is 75.5 Å². The third-order valence-electron chi connectivity index (χ3n) is 6.54. The summed E-state index contributed by atoms with van der Waals surface area (Å²) in [4.78, 5) is 25.9. The minimum absolute atomic E-state index is 0.0532. The Balaban J connectivity index is 1.33. The molecule has 0 unspecified atom stereocenters. The number of methoxy groups -OCH3 is 1. The number of ether oxygens (including phenoxy) is 1. The number of carbonyl (C=O) groups excluding carboxylic acids is 1. The van der Waals surface area contributed by atoms with Gasteiger partial charge in [0.15, 0.2) is 5.78 Å². The molecular weight excluding hydrogens is 430 g/mol. The first kappa shape index (κ1) is 20.9. The van der Waals surface area contributed by atoms with Crippen LogP contribution >= 0.6 is 23.1 Å². The fraction of sp³-hybridized carbons (Fsp3) is 0.435. The molecule has 2 bridgehead atoms. The third kappa shape index (κ3) is 3.65. The molecule has 6 nitrogen and oxygen atoms in total. The Morgan fingerprint density at radius 1 is 1.35 bits per heavy atom. The molecule has 1 saturated heterocycles. The molecule has 8 heteroatoms. The van der Waals surface area contributed by atoms with Crippen LogP contribution in [0.3, 0.4) is 0 Å². The van der Waals surface area contributed by atoms with Crippen molar-refractivity contribution in [1.82, 2.24) is 14.9 Å². The van der Waals surface area contributed by atoms with Crippen molar-refractivity contribution in [3.8, 4) is 5.75 Å². The van der Waals surface area contributed by atoms with Gasteiger partial charge in [-0.15, -0.1) is 11.3 Å². The molecule has 1 aliphatic heterocycles. The van der Waals surface area contributed by atoms with Crippen molar-refractivity contribution in [3.63, 3.8) is 0 Å². The molecule has 2 aliphatic rings. The maximum atomic E-state index is 12.9. The van der Waals surface area contributed by atoms with E-state index < -0.39 is 5.60 Å². The molecule has 0 radical (unpaired) electrons. The fourth-order valence-corrected chi connectivity index (χ4v) is 7.00. The van der Waals surface area contributed by atoms with Crippen LogP contribution in [0.2, 0.25) is 0 Å². The highest BCUT2D eigenvalue weighted by atomic mass is 32.2. The number of benzene rings is 1. The summed E-state index contributed by atoms with van der Waals surface area (Å²) in [5, 5.41) is 13.0. The van der Waals surface area contributed by atoms with Crippen molar-refractivity contribution in [2.24, 2.45) is 5.92 Å². The molecule has 162 valence electrons. The van der Waals surface area contributed by atoms with Gasteiger partial charge in [-0.2, -0.15) is 0 Å². The number of piperidine rings is 1. The van der Waals surface area contributed by atoms with Gasteiger partial charge in [0.2, 0.25) is 0 Å². The maximum Gasteiger partial charge on any atom is 0.183 e. The fourth-order valence-electron chi connectivity index (χ4n) is 4.85. The standard InChI is InChI=1S/C23H25N3O3S2/c1-13-24-18-5-4-16(29-3)9-17(18)22(25-13)30-12-19(27)20-6-7-21(31-20)23(28)10-15-8-14(23)11-26(15)2/h4-7,9,14-15,28H,8,10-12H2,1-3H3/t14-,15-,23-/m1/s1. The molecule has 1 N–H and O–H groups in total. The van der Waals surface area contributed by atoms with Gasteiger partial charge in [0, 0.05) is 28.8 Å². The lowest BCUT2D eigenvalue weighted by Crippen LogP contribution is -2.41. The number of carbonyl (C=O) groups is 1. The van der Waals surface area contributed by atoms with Crippen molar-refractivity contribution in [1.29, 1.82) is 0 Å². The summed E-state index contributed by atoms with van der Waals surface area (Å²) >= 11 is 2.86. The van der Waals surface area contributed by atoms with Crippen LogP contribution in [0.4, 0.5) is 0 Å². The van der Waals surface area contributed by atoms with Crippen LogP contribution in [0, 0.1) is 12.8 Å². The number of thiophene rings is 1. The van der Waals surface area contributed by atoms with Gasteiger partial charge < -0.3 is 14.7 Å². The molecule has 0 spiro atoms. The Labute approximate surface area is 189 Å². The molecule has 0 amide bonds. The Kier molecular flexibility index (Phi) is 5.29. The lowest BCUT2D eigenvalue weighted by Gasteiger charge is -2.35. The summed E-state index contributed by atoms with van der Waals surface area (Å²) in [6, 6.07) is 9.94. The first-order chi connectivity index (χ1) is 14.9. The van der Waals surface area contributed by atoms with Crippen molar-refractivity contribution >= 4 is 39.8 Å². The molecule has 31 heavy (non-hydrogen) atoms. The number of ketones is 1. The highest BCUT2D eigenvalue weighted by molar-refractivity contribution is 8.00.